The zero-order valence-electron chi connectivity index (χ0n) is 16.9. The number of nitrogens with one attached hydrogen (secondary N) is 1. The molecule has 4 nitrogen and oxygen atoms in total. The van der Waals surface area contributed by atoms with Gasteiger partial charge >= 0.3 is 0 Å². The summed E-state index contributed by atoms with van der Waals surface area (Å²) in [4.78, 5) is 0.230. The highest BCUT2D eigenvalue weighted by molar-refractivity contribution is 7.92. The smallest absolute Gasteiger partial charge is 0.261 e. The van der Waals surface area contributed by atoms with Crippen LogP contribution >= 0.6 is 0 Å². The van der Waals surface area contributed by atoms with Gasteiger partial charge in [-0.1, -0.05) is 66.2 Å². The summed E-state index contributed by atoms with van der Waals surface area (Å²) >= 11 is 0. The van der Waals surface area contributed by atoms with Crippen LogP contribution in [-0.2, 0) is 10.0 Å². The third-order valence-corrected chi connectivity index (χ3v) is 6.41. The molecule has 0 fully saturated rings. The van der Waals surface area contributed by atoms with Crippen molar-refractivity contribution in [2.24, 2.45) is 0 Å². The minimum atomic E-state index is -3.73. The lowest BCUT2D eigenvalue weighted by atomic mass is 9.88. The Morgan fingerprint density at radius 2 is 1.43 bits per heavy atom. The largest absolute Gasteiger partial charge is 0.465 e. The number of anilines is 1. The fourth-order valence-corrected chi connectivity index (χ4v) is 4.60. The molecule has 0 aliphatic rings. The first-order chi connectivity index (χ1) is 14.4. The first-order valence-electron chi connectivity index (χ1n) is 9.74. The summed E-state index contributed by atoms with van der Waals surface area (Å²) in [5, 5.41) is 0. The van der Waals surface area contributed by atoms with E-state index in [4.69, 9.17) is 4.42 Å². The molecule has 1 heterocycles. The molecule has 0 bridgehead atoms. The van der Waals surface area contributed by atoms with E-state index in [1.807, 2.05) is 74.5 Å². The van der Waals surface area contributed by atoms with Crippen molar-refractivity contribution >= 4 is 15.7 Å². The minimum Gasteiger partial charge on any atom is -0.465 e. The minimum absolute atomic E-state index is 0.230. The summed E-state index contributed by atoms with van der Waals surface area (Å²) < 4.78 is 34.8. The highest BCUT2D eigenvalue weighted by atomic mass is 32.2. The van der Waals surface area contributed by atoms with E-state index in [0.717, 1.165) is 28.2 Å². The zero-order chi connectivity index (χ0) is 21.1. The summed E-state index contributed by atoms with van der Waals surface area (Å²) in [6.07, 6.45) is 0. The van der Waals surface area contributed by atoms with Gasteiger partial charge in [0.25, 0.3) is 10.0 Å². The van der Waals surface area contributed by atoms with Gasteiger partial charge in [-0.2, -0.15) is 0 Å². The number of hydrogen-bond acceptors (Lipinski definition) is 3. The molecule has 0 spiro atoms. The molecule has 30 heavy (non-hydrogen) atoms. The van der Waals surface area contributed by atoms with Gasteiger partial charge in [-0.25, -0.2) is 8.42 Å². The summed E-state index contributed by atoms with van der Waals surface area (Å²) in [6, 6.07) is 28.1. The van der Waals surface area contributed by atoms with E-state index in [1.165, 1.54) is 0 Å². The molecule has 3 aromatic carbocycles. The van der Waals surface area contributed by atoms with Crippen LogP contribution in [0.3, 0.4) is 0 Å². The highest BCUT2D eigenvalue weighted by Gasteiger charge is 2.24. The Bertz CT molecular complexity index is 1240. The van der Waals surface area contributed by atoms with Gasteiger partial charge in [0.05, 0.1) is 16.5 Å². The zero-order valence-corrected chi connectivity index (χ0v) is 17.7. The van der Waals surface area contributed by atoms with Crippen LogP contribution in [0.4, 0.5) is 5.69 Å². The number of hydrogen-bond donors (Lipinski definition) is 1. The quantitative estimate of drug-likeness (QED) is 0.426. The van der Waals surface area contributed by atoms with Gasteiger partial charge in [-0.15, -0.1) is 0 Å². The van der Waals surface area contributed by atoms with E-state index in [2.05, 4.69) is 4.72 Å². The molecule has 1 N–H and O–H groups in total. The van der Waals surface area contributed by atoms with Crippen molar-refractivity contribution in [2.75, 3.05) is 4.72 Å². The molecule has 0 saturated heterocycles. The molecule has 1 aromatic heterocycles. The first-order valence-corrected chi connectivity index (χ1v) is 11.2. The van der Waals surface area contributed by atoms with E-state index in [9.17, 15) is 8.42 Å². The molecule has 152 valence electrons. The van der Waals surface area contributed by atoms with Crippen LogP contribution in [0.5, 0.6) is 0 Å². The lowest BCUT2D eigenvalue weighted by molar-refractivity contribution is 0.478. The standard InChI is InChI=1S/C25H23NO3S/c1-18-12-15-21(16-13-18)30(27,28)26-23-11-7-6-10-22(23)25(20-8-4-3-5-9-20)24-17-14-19(2)29-24/h3-17,25-26H,1-2H3. The number of sulfonamides is 1. The fraction of sp³-hybridized carbons (Fsp3) is 0.120. The summed E-state index contributed by atoms with van der Waals surface area (Å²) in [5.74, 6) is 1.33. The summed E-state index contributed by atoms with van der Waals surface area (Å²) in [6.45, 7) is 3.83. The van der Waals surface area contributed by atoms with Gasteiger partial charge in [0.1, 0.15) is 11.5 Å². The predicted octanol–water partition coefficient (Wildman–Crippen LogP) is 5.88. The number of aryl methyl sites for hydroxylation is 2. The number of para-hydroxylation sites is 1. The van der Waals surface area contributed by atoms with Gasteiger partial charge in [-0.05, 0) is 55.3 Å². The number of rotatable bonds is 6. The van der Waals surface area contributed by atoms with Gasteiger partial charge in [0.2, 0.25) is 0 Å². The Kier molecular flexibility index (Phi) is 5.46. The van der Waals surface area contributed by atoms with E-state index < -0.39 is 10.0 Å². The van der Waals surface area contributed by atoms with Gasteiger partial charge in [-0.3, -0.25) is 4.72 Å². The van der Waals surface area contributed by atoms with E-state index in [-0.39, 0.29) is 10.8 Å². The molecule has 0 radical (unpaired) electrons. The van der Waals surface area contributed by atoms with Crippen molar-refractivity contribution in [3.8, 4) is 0 Å². The van der Waals surface area contributed by atoms with Crippen molar-refractivity contribution in [1.29, 1.82) is 0 Å². The summed E-state index contributed by atoms with van der Waals surface area (Å²) in [7, 11) is -3.73. The SMILES string of the molecule is Cc1ccc(S(=O)(=O)Nc2ccccc2C(c2ccccc2)c2ccc(C)o2)cc1. The molecule has 1 unspecified atom stereocenters. The van der Waals surface area contributed by atoms with E-state index in [1.54, 1.807) is 30.3 Å². The average molecular weight is 418 g/mol. The second-order valence-electron chi connectivity index (χ2n) is 7.30. The van der Waals surface area contributed by atoms with Gasteiger partial charge in [0, 0.05) is 0 Å². The van der Waals surface area contributed by atoms with Crippen molar-refractivity contribution < 1.29 is 12.8 Å². The lowest BCUT2D eigenvalue weighted by Crippen LogP contribution is -2.15. The number of benzene rings is 3. The summed E-state index contributed by atoms with van der Waals surface area (Å²) in [5.41, 5.74) is 3.38. The molecule has 1 atom stereocenters. The molecule has 0 aliphatic carbocycles. The van der Waals surface area contributed by atoms with Crippen molar-refractivity contribution in [1.82, 2.24) is 0 Å². The van der Waals surface area contributed by atoms with E-state index in [0.29, 0.717) is 5.69 Å². The van der Waals surface area contributed by atoms with Crippen molar-refractivity contribution in [2.45, 2.75) is 24.7 Å². The number of furan rings is 1. The maximum Gasteiger partial charge on any atom is 0.261 e. The maximum absolute atomic E-state index is 13.0. The average Bonchev–Trinajstić information content (AvgIpc) is 3.16. The van der Waals surface area contributed by atoms with E-state index >= 15 is 0 Å². The Morgan fingerprint density at radius 1 is 0.767 bits per heavy atom. The third kappa shape index (κ3) is 4.16. The molecular formula is C25H23NO3S. The topological polar surface area (TPSA) is 59.3 Å². The third-order valence-electron chi connectivity index (χ3n) is 5.03. The lowest BCUT2D eigenvalue weighted by Gasteiger charge is -2.20. The molecule has 0 amide bonds. The Balaban J connectivity index is 1.80. The Morgan fingerprint density at radius 3 is 2.10 bits per heavy atom. The fourth-order valence-electron chi connectivity index (χ4n) is 3.51. The van der Waals surface area contributed by atoms with Crippen LogP contribution < -0.4 is 4.72 Å². The predicted molar refractivity (Wildman–Crippen MR) is 119 cm³/mol. The van der Waals surface area contributed by atoms with Crippen LogP contribution in [-0.4, -0.2) is 8.42 Å². The van der Waals surface area contributed by atoms with Crippen molar-refractivity contribution in [3.05, 3.63) is 119 Å². The second kappa shape index (κ2) is 8.20. The van der Waals surface area contributed by atoms with Crippen LogP contribution in [0.25, 0.3) is 0 Å². The highest BCUT2D eigenvalue weighted by Crippen LogP contribution is 2.37. The molecule has 4 aromatic rings. The van der Waals surface area contributed by atoms with Crippen LogP contribution in [0, 0.1) is 13.8 Å². The first kappa shape index (κ1) is 20.0. The Hall–Kier alpha value is -3.31. The molecule has 0 aliphatic heterocycles. The molecule has 0 saturated carbocycles. The van der Waals surface area contributed by atoms with Crippen LogP contribution in [0.2, 0.25) is 0 Å². The Labute approximate surface area is 177 Å². The van der Waals surface area contributed by atoms with Gasteiger partial charge < -0.3 is 4.42 Å². The maximum atomic E-state index is 13.0. The molecule has 5 heteroatoms. The molecular weight excluding hydrogens is 394 g/mol. The normalized spacial score (nSPS) is 12.5. The monoisotopic (exact) mass is 417 g/mol. The van der Waals surface area contributed by atoms with Gasteiger partial charge in [0.15, 0.2) is 0 Å². The van der Waals surface area contributed by atoms with Crippen LogP contribution in [0.1, 0.15) is 34.1 Å². The second-order valence-corrected chi connectivity index (χ2v) is 8.98. The van der Waals surface area contributed by atoms with Crippen molar-refractivity contribution in [3.63, 3.8) is 0 Å². The van der Waals surface area contributed by atoms with Crippen LogP contribution in [0.15, 0.2) is 100 Å². The molecule has 4 rings (SSSR count).